The average molecular weight is 529 g/mol. The Morgan fingerprint density at radius 3 is 2.41 bits per heavy atom. The molecule has 0 radical (unpaired) electrons. The Labute approximate surface area is 212 Å². The van der Waals surface area contributed by atoms with E-state index in [9.17, 15) is 18.0 Å². The van der Waals surface area contributed by atoms with Gasteiger partial charge in [-0.2, -0.15) is 0 Å². The lowest BCUT2D eigenvalue weighted by Gasteiger charge is -2.29. The van der Waals surface area contributed by atoms with Crippen LogP contribution in [0.4, 0.5) is 5.69 Å². The predicted molar refractivity (Wildman–Crippen MR) is 138 cm³/mol. The number of sulfonamides is 1. The first-order chi connectivity index (χ1) is 16.0. The minimum absolute atomic E-state index is 0.0580. The molecule has 0 aromatic heterocycles. The fourth-order valence-corrected chi connectivity index (χ4v) is 4.76. The molecule has 2 rings (SSSR count). The molecule has 1 N–H and O–H groups in total. The van der Waals surface area contributed by atoms with Crippen LogP contribution >= 0.6 is 23.2 Å². The Balaban J connectivity index is 2.16. The first kappa shape index (κ1) is 28.0. The summed E-state index contributed by atoms with van der Waals surface area (Å²) in [6.45, 7) is 4.41. The number of amides is 2. The van der Waals surface area contributed by atoms with Crippen LogP contribution in [-0.2, 0) is 26.2 Å². The molecule has 0 aliphatic heterocycles. The number of carbonyl (C=O) groups is 2. The molecule has 0 spiro atoms. The number of nitrogens with zero attached hydrogens (tertiary/aromatic N) is 2. The number of carbonyl (C=O) groups excluding carboxylic acids is 2. The highest BCUT2D eigenvalue weighted by atomic mass is 35.5. The fraction of sp³-hybridized carbons (Fsp3) is 0.417. The summed E-state index contributed by atoms with van der Waals surface area (Å²) in [5.41, 5.74) is 1.16. The van der Waals surface area contributed by atoms with Crippen LogP contribution in [0.25, 0.3) is 0 Å². The fourth-order valence-electron chi connectivity index (χ4n) is 3.42. The van der Waals surface area contributed by atoms with Gasteiger partial charge in [0, 0.05) is 36.1 Å². The van der Waals surface area contributed by atoms with Gasteiger partial charge in [0.2, 0.25) is 21.8 Å². The Bertz CT molecular complexity index is 1100. The zero-order valence-corrected chi connectivity index (χ0v) is 22.0. The van der Waals surface area contributed by atoms with Crippen molar-refractivity contribution in [3.63, 3.8) is 0 Å². The van der Waals surface area contributed by atoms with Gasteiger partial charge >= 0.3 is 0 Å². The van der Waals surface area contributed by atoms with Crippen LogP contribution in [0.2, 0.25) is 10.0 Å². The number of hydrogen-bond donors (Lipinski definition) is 1. The topological polar surface area (TPSA) is 86.8 Å². The molecule has 0 saturated heterocycles. The van der Waals surface area contributed by atoms with Crippen molar-refractivity contribution < 1.29 is 18.0 Å². The molecular weight excluding hydrogens is 497 g/mol. The lowest BCUT2D eigenvalue weighted by molar-refractivity contribution is -0.140. The van der Waals surface area contributed by atoms with Crippen LogP contribution in [0.3, 0.4) is 0 Å². The molecule has 186 valence electrons. The van der Waals surface area contributed by atoms with Crippen molar-refractivity contribution in [3.8, 4) is 0 Å². The molecule has 0 saturated carbocycles. The number of nitrogens with one attached hydrogen (secondary N) is 1. The molecular formula is C24H31Cl2N3O4S. The van der Waals surface area contributed by atoms with Crippen molar-refractivity contribution in [2.45, 2.75) is 45.7 Å². The molecule has 10 heteroatoms. The van der Waals surface area contributed by atoms with Crippen LogP contribution in [-0.4, -0.2) is 50.5 Å². The predicted octanol–water partition coefficient (Wildman–Crippen LogP) is 4.48. The summed E-state index contributed by atoms with van der Waals surface area (Å²) in [5, 5.41) is 3.74. The van der Waals surface area contributed by atoms with Gasteiger partial charge in [0.25, 0.3) is 0 Å². The summed E-state index contributed by atoms with van der Waals surface area (Å²) in [5.74, 6) is -0.516. The minimum Gasteiger partial charge on any atom is -0.354 e. The smallest absolute Gasteiger partial charge is 0.242 e. The van der Waals surface area contributed by atoms with Crippen LogP contribution in [0.5, 0.6) is 0 Å². The Kier molecular flexibility index (Phi) is 10.7. The number of anilines is 1. The van der Waals surface area contributed by atoms with E-state index >= 15 is 0 Å². The zero-order valence-electron chi connectivity index (χ0n) is 19.6. The third-order valence-electron chi connectivity index (χ3n) is 5.26. The molecule has 0 aliphatic rings. The lowest BCUT2D eigenvalue weighted by atomic mass is 10.1. The average Bonchev–Trinajstić information content (AvgIpc) is 2.78. The maximum atomic E-state index is 13.2. The Hall–Kier alpha value is -2.29. The summed E-state index contributed by atoms with van der Waals surface area (Å²) in [7, 11) is -3.58. The highest BCUT2D eigenvalue weighted by molar-refractivity contribution is 7.92. The van der Waals surface area contributed by atoms with Crippen LogP contribution in [0.1, 0.15) is 38.7 Å². The van der Waals surface area contributed by atoms with Gasteiger partial charge in [-0.1, -0.05) is 54.4 Å². The number of rotatable bonds is 12. The second-order valence-electron chi connectivity index (χ2n) is 8.00. The molecule has 1 unspecified atom stereocenters. The van der Waals surface area contributed by atoms with E-state index in [1.165, 1.54) is 9.21 Å². The van der Waals surface area contributed by atoms with E-state index in [2.05, 4.69) is 5.32 Å². The van der Waals surface area contributed by atoms with Gasteiger partial charge in [-0.3, -0.25) is 13.9 Å². The standard InChI is InChI=1S/C24H31Cl2N3O4S/c1-4-14-27-24(31)18(2)28(17-19-9-5-6-12-22(19)26)23(30)13-8-15-29(34(3,32)33)21-11-7-10-20(25)16-21/h5-7,9-12,16,18H,4,8,13-15,17H2,1-3H3,(H,27,31). The summed E-state index contributed by atoms with van der Waals surface area (Å²) < 4.78 is 25.9. The van der Waals surface area contributed by atoms with Gasteiger partial charge in [0.1, 0.15) is 6.04 Å². The van der Waals surface area contributed by atoms with E-state index in [-0.39, 0.29) is 37.7 Å². The summed E-state index contributed by atoms with van der Waals surface area (Å²) in [6.07, 6.45) is 2.21. The highest BCUT2D eigenvalue weighted by Crippen LogP contribution is 2.23. The van der Waals surface area contributed by atoms with Gasteiger partial charge in [-0.25, -0.2) is 8.42 Å². The van der Waals surface area contributed by atoms with Crippen LogP contribution in [0.15, 0.2) is 48.5 Å². The minimum atomic E-state index is -3.58. The van der Waals surface area contributed by atoms with Crippen molar-refractivity contribution in [2.24, 2.45) is 0 Å². The zero-order chi connectivity index (χ0) is 25.3. The van der Waals surface area contributed by atoms with Crippen molar-refractivity contribution in [3.05, 3.63) is 64.1 Å². The number of benzene rings is 2. The third-order valence-corrected chi connectivity index (χ3v) is 7.06. The largest absolute Gasteiger partial charge is 0.354 e. The third kappa shape index (κ3) is 8.18. The molecule has 0 fully saturated rings. The second-order valence-corrected chi connectivity index (χ2v) is 10.7. The van der Waals surface area contributed by atoms with Gasteiger partial charge in [0.05, 0.1) is 11.9 Å². The number of halogens is 2. The van der Waals surface area contributed by atoms with E-state index in [1.54, 1.807) is 43.3 Å². The van der Waals surface area contributed by atoms with Gasteiger partial charge in [-0.15, -0.1) is 0 Å². The summed E-state index contributed by atoms with van der Waals surface area (Å²) >= 11 is 12.3. The maximum Gasteiger partial charge on any atom is 0.242 e. The van der Waals surface area contributed by atoms with Gasteiger partial charge < -0.3 is 10.2 Å². The van der Waals surface area contributed by atoms with E-state index in [1.807, 2.05) is 19.1 Å². The molecule has 0 aliphatic carbocycles. The first-order valence-electron chi connectivity index (χ1n) is 11.1. The monoisotopic (exact) mass is 527 g/mol. The molecule has 7 nitrogen and oxygen atoms in total. The van der Waals surface area contributed by atoms with Crippen LogP contribution < -0.4 is 9.62 Å². The molecule has 0 heterocycles. The van der Waals surface area contributed by atoms with Crippen molar-refractivity contribution in [1.82, 2.24) is 10.2 Å². The second kappa shape index (κ2) is 13.0. The summed E-state index contributed by atoms with van der Waals surface area (Å²) in [4.78, 5) is 27.3. The Morgan fingerprint density at radius 2 is 1.79 bits per heavy atom. The molecule has 2 aromatic carbocycles. The van der Waals surface area contributed by atoms with Crippen molar-refractivity contribution >= 4 is 50.7 Å². The molecule has 34 heavy (non-hydrogen) atoms. The van der Waals surface area contributed by atoms with Crippen molar-refractivity contribution in [2.75, 3.05) is 23.7 Å². The SMILES string of the molecule is CCCNC(=O)C(C)N(Cc1ccccc1Cl)C(=O)CCCN(c1cccc(Cl)c1)S(C)(=O)=O. The highest BCUT2D eigenvalue weighted by Gasteiger charge is 2.27. The first-order valence-corrected chi connectivity index (χ1v) is 13.7. The van der Waals surface area contributed by atoms with Crippen molar-refractivity contribution in [1.29, 1.82) is 0 Å². The molecule has 1 atom stereocenters. The van der Waals surface area contributed by atoms with Gasteiger partial charge in [0.15, 0.2) is 0 Å². The number of hydrogen-bond acceptors (Lipinski definition) is 4. The van der Waals surface area contributed by atoms with E-state index < -0.39 is 16.1 Å². The quantitative estimate of drug-likeness (QED) is 0.440. The van der Waals surface area contributed by atoms with E-state index in [0.717, 1.165) is 18.2 Å². The van der Waals surface area contributed by atoms with Crippen LogP contribution in [0, 0.1) is 0 Å². The molecule has 2 aromatic rings. The lowest BCUT2D eigenvalue weighted by Crippen LogP contribution is -2.47. The maximum absolute atomic E-state index is 13.2. The van der Waals surface area contributed by atoms with Gasteiger partial charge in [-0.05, 0) is 49.6 Å². The normalized spacial score (nSPS) is 12.1. The molecule has 2 amide bonds. The van der Waals surface area contributed by atoms with E-state index in [4.69, 9.17) is 23.2 Å². The van der Waals surface area contributed by atoms with E-state index in [0.29, 0.717) is 22.3 Å². The summed E-state index contributed by atoms with van der Waals surface area (Å²) in [6, 6.07) is 13.0. The Morgan fingerprint density at radius 1 is 1.09 bits per heavy atom. The molecule has 0 bridgehead atoms.